The number of amides is 1. The Hall–Kier alpha value is -1.33. The smallest absolute Gasteiger partial charge is 0.230 e. The fourth-order valence-electron chi connectivity index (χ4n) is 5.02. The second kappa shape index (κ2) is 7.01. The molecule has 2 heterocycles. The lowest BCUT2D eigenvalue weighted by Crippen LogP contribution is -2.50. The van der Waals surface area contributed by atoms with Crippen LogP contribution in [0, 0.1) is 11.2 Å². The quantitative estimate of drug-likeness (QED) is 0.852. The van der Waals surface area contributed by atoms with Crippen LogP contribution in [-0.4, -0.2) is 47.7 Å². The van der Waals surface area contributed by atoms with Crippen LogP contribution in [-0.2, 0) is 4.79 Å². The number of carbonyl (C=O) groups excluding carboxylic acids is 1. The summed E-state index contributed by atoms with van der Waals surface area (Å²) in [5.74, 6) is -0.0870. The number of aliphatic hydroxyl groups is 1. The number of likely N-dealkylation sites (tertiary alicyclic amines) is 1. The number of anilines is 1. The van der Waals surface area contributed by atoms with E-state index in [0.29, 0.717) is 17.3 Å². The molecule has 3 fully saturated rings. The van der Waals surface area contributed by atoms with Crippen LogP contribution in [0.2, 0.25) is 5.02 Å². The predicted molar refractivity (Wildman–Crippen MR) is 99.9 cm³/mol. The van der Waals surface area contributed by atoms with E-state index >= 15 is 0 Å². The SMILES string of the molecule is O=C1N([C@H]2CC[C@H](O)CC2)CC[C@@]12CCCN(c1ccc(Cl)cc1F)C2. The van der Waals surface area contributed by atoms with Gasteiger partial charge < -0.3 is 14.9 Å². The molecule has 0 bridgehead atoms. The fraction of sp³-hybridized carbons (Fsp3) is 0.650. The lowest BCUT2D eigenvalue weighted by molar-refractivity contribution is -0.139. The van der Waals surface area contributed by atoms with Gasteiger partial charge in [0.15, 0.2) is 0 Å². The minimum absolute atomic E-state index is 0.212. The maximum atomic E-state index is 14.4. The molecule has 2 aliphatic heterocycles. The van der Waals surface area contributed by atoms with E-state index in [4.69, 9.17) is 11.6 Å². The number of hydrogen-bond acceptors (Lipinski definition) is 3. The van der Waals surface area contributed by atoms with E-state index in [2.05, 4.69) is 0 Å². The molecule has 1 aliphatic carbocycles. The molecule has 0 radical (unpaired) electrons. The molecule has 1 saturated carbocycles. The number of hydrogen-bond donors (Lipinski definition) is 1. The summed E-state index contributed by atoms with van der Waals surface area (Å²) in [6, 6.07) is 5.02. The van der Waals surface area contributed by atoms with E-state index in [1.54, 1.807) is 12.1 Å². The van der Waals surface area contributed by atoms with Crippen molar-refractivity contribution in [3.8, 4) is 0 Å². The minimum Gasteiger partial charge on any atom is -0.393 e. The molecule has 142 valence electrons. The average molecular weight is 381 g/mol. The number of benzene rings is 1. The van der Waals surface area contributed by atoms with Gasteiger partial charge in [0.1, 0.15) is 5.82 Å². The Balaban J connectivity index is 1.50. The van der Waals surface area contributed by atoms with E-state index in [0.717, 1.165) is 58.0 Å². The van der Waals surface area contributed by atoms with E-state index in [-0.39, 0.29) is 29.3 Å². The summed E-state index contributed by atoms with van der Waals surface area (Å²) in [6.07, 6.45) is 5.74. The van der Waals surface area contributed by atoms with Gasteiger partial charge in [0.05, 0.1) is 17.2 Å². The summed E-state index contributed by atoms with van der Waals surface area (Å²) >= 11 is 5.88. The molecule has 1 aromatic carbocycles. The third kappa shape index (κ3) is 3.20. The van der Waals surface area contributed by atoms with Crippen LogP contribution >= 0.6 is 11.6 Å². The number of piperidine rings is 1. The Morgan fingerprint density at radius 2 is 1.92 bits per heavy atom. The highest BCUT2D eigenvalue weighted by molar-refractivity contribution is 6.30. The minimum atomic E-state index is -0.389. The van der Waals surface area contributed by atoms with Crippen molar-refractivity contribution in [1.29, 1.82) is 0 Å². The molecule has 2 saturated heterocycles. The van der Waals surface area contributed by atoms with Gasteiger partial charge >= 0.3 is 0 Å². The van der Waals surface area contributed by atoms with Gasteiger partial charge in [-0.05, 0) is 63.1 Å². The summed E-state index contributed by atoms with van der Waals surface area (Å²) in [7, 11) is 0. The fourth-order valence-corrected chi connectivity index (χ4v) is 5.18. The third-order valence-electron chi connectivity index (χ3n) is 6.48. The van der Waals surface area contributed by atoms with Crippen molar-refractivity contribution < 1.29 is 14.3 Å². The molecule has 4 rings (SSSR count). The van der Waals surface area contributed by atoms with Crippen LogP contribution in [0.5, 0.6) is 0 Å². The Kier molecular flexibility index (Phi) is 4.86. The van der Waals surface area contributed by atoms with Gasteiger partial charge in [0.25, 0.3) is 0 Å². The van der Waals surface area contributed by atoms with Crippen molar-refractivity contribution in [2.45, 2.75) is 57.1 Å². The van der Waals surface area contributed by atoms with Crippen LogP contribution in [0.15, 0.2) is 18.2 Å². The first-order valence-electron chi connectivity index (χ1n) is 9.68. The topological polar surface area (TPSA) is 43.8 Å². The largest absolute Gasteiger partial charge is 0.393 e. The zero-order chi connectivity index (χ0) is 18.3. The molecule has 4 nitrogen and oxygen atoms in total. The van der Waals surface area contributed by atoms with Crippen LogP contribution in [0.4, 0.5) is 10.1 Å². The van der Waals surface area contributed by atoms with Crippen molar-refractivity contribution in [2.24, 2.45) is 5.41 Å². The van der Waals surface area contributed by atoms with Gasteiger partial charge in [0, 0.05) is 30.7 Å². The van der Waals surface area contributed by atoms with Crippen LogP contribution in [0.3, 0.4) is 0 Å². The summed E-state index contributed by atoms with van der Waals surface area (Å²) < 4.78 is 14.4. The van der Waals surface area contributed by atoms with E-state index in [9.17, 15) is 14.3 Å². The second-order valence-corrected chi connectivity index (χ2v) is 8.55. The molecular weight excluding hydrogens is 355 g/mol. The molecule has 6 heteroatoms. The maximum Gasteiger partial charge on any atom is 0.230 e. The van der Waals surface area contributed by atoms with Gasteiger partial charge in [-0.2, -0.15) is 0 Å². The molecule has 1 aromatic rings. The molecule has 1 N–H and O–H groups in total. The van der Waals surface area contributed by atoms with Gasteiger partial charge in [0.2, 0.25) is 5.91 Å². The van der Waals surface area contributed by atoms with E-state index < -0.39 is 0 Å². The molecule has 0 unspecified atom stereocenters. The lowest BCUT2D eigenvalue weighted by Gasteiger charge is -2.41. The van der Waals surface area contributed by atoms with Crippen molar-refractivity contribution in [3.63, 3.8) is 0 Å². The predicted octanol–water partition coefficient (Wildman–Crippen LogP) is 3.60. The number of rotatable bonds is 2. The van der Waals surface area contributed by atoms with Crippen LogP contribution in [0.25, 0.3) is 0 Å². The van der Waals surface area contributed by atoms with E-state index in [1.165, 1.54) is 6.07 Å². The third-order valence-corrected chi connectivity index (χ3v) is 6.72. The zero-order valence-corrected chi connectivity index (χ0v) is 15.7. The normalized spacial score (nSPS) is 32.5. The standard InChI is InChI=1S/C20H26ClFN2O2/c21-14-2-7-18(17(22)12-14)23-10-1-8-20(13-23)9-11-24(19(20)26)15-3-5-16(25)6-4-15/h2,7,12,15-16,25H,1,3-6,8-11,13H2/t15-,16-,20-/m1/s1. The summed E-state index contributed by atoms with van der Waals surface area (Å²) in [5.41, 5.74) is 0.154. The molecular formula is C20H26ClFN2O2. The molecule has 1 atom stereocenters. The lowest BCUT2D eigenvalue weighted by atomic mass is 9.78. The van der Waals surface area contributed by atoms with Crippen molar-refractivity contribution in [3.05, 3.63) is 29.0 Å². The number of carbonyl (C=O) groups is 1. The monoisotopic (exact) mass is 380 g/mol. The first-order valence-corrected chi connectivity index (χ1v) is 10.1. The first kappa shape index (κ1) is 18.1. The van der Waals surface area contributed by atoms with Crippen molar-refractivity contribution >= 4 is 23.2 Å². The number of nitrogens with zero attached hydrogens (tertiary/aromatic N) is 2. The summed E-state index contributed by atoms with van der Waals surface area (Å²) in [4.78, 5) is 17.4. The molecule has 1 spiro atoms. The highest BCUT2D eigenvalue weighted by Gasteiger charge is 2.50. The summed E-state index contributed by atoms with van der Waals surface area (Å²) in [6.45, 7) is 2.13. The first-order chi connectivity index (χ1) is 12.5. The van der Waals surface area contributed by atoms with Gasteiger partial charge in [-0.1, -0.05) is 11.6 Å². The molecule has 26 heavy (non-hydrogen) atoms. The number of aliphatic hydroxyl groups excluding tert-OH is 1. The van der Waals surface area contributed by atoms with Gasteiger partial charge in [-0.3, -0.25) is 4.79 Å². The highest BCUT2D eigenvalue weighted by atomic mass is 35.5. The zero-order valence-electron chi connectivity index (χ0n) is 15.0. The average Bonchev–Trinajstić information content (AvgIpc) is 2.92. The Morgan fingerprint density at radius 1 is 1.15 bits per heavy atom. The molecule has 3 aliphatic rings. The van der Waals surface area contributed by atoms with Gasteiger partial charge in [-0.25, -0.2) is 4.39 Å². The Labute approximate surface area is 158 Å². The highest BCUT2D eigenvalue weighted by Crippen LogP contribution is 2.43. The van der Waals surface area contributed by atoms with Crippen LogP contribution in [0.1, 0.15) is 44.9 Å². The maximum absolute atomic E-state index is 14.4. The number of halogens is 2. The van der Waals surface area contributed by atoms with E-state index in [1.807, 2.05) is 9.80 Å². The second-order valence-electron chi connectivity index (χ2n) is 8.11. The van der Waals surface area contributed by atoms with Crippen molar-refractivity contribution in [1.82, 2.24) is 4.90 Å². The van der Waals surface area contributed by atoms with Crippen molar-refractivity contribution in [2.75, 3.05) is 24.5 Å². The summed E-state index contributed by atoms with van der Waals surface area (Å²) in [5, 5.41) is 10.1. The van der Waals surface area contributed by atoms with Crippen LogP contribution < -0.4 is 4.90 Å². The molecule has 0 aromatic heterocycles. The Bertz CT molecular complexity index is 692. The molecule has 1 amide bonds. The Morgan fingerprint density at radius 3 is 2.65 bits per heavy atom. The van der Waals surface area contributed by atoms with Gasteiger partial charge in [-0.15, -0.1) is 0 Å².